The molecule has 2 aromatic rings. The SMILES string of the molecule is CCNCc1cn(CC2CC3CCC2C3)c2ccccc12. The van der Waals surface area contributed by atoms with Crippen molar-refractivity contribution in [2.45, 2.75) is 45.7 Å². The van der Waals surface area contributed by atoms with Crippen LogP contribution in [0.2, 0.25) is 0 Å². The molecule has 2 bridgehead atoms. The zero-order chi connectivity index (χ0) is 14.2. The monoisotopic (exact) mass is 282 g/mol. The van der Waals surface area contributed by atoms with E-state index in [4.69, 9.17) is 0 Å². The molecular weight excluding hydrogens is 256 g/mol. The summed E-state index contributed by atoms with van der Waals surface area (Å²) < 4.78 is 2.54. The first-order chi connectivity index (χ1) is 10.3. The molecule has 2 nitrogen and oxygen atoms in total. The number of aromatic nitrogens is 1. The fraction of sp³-hybridized carbons (Fsp3) is 0.579. The third kappa shape index (κ3) is 2.40. The molecule has 2 aliphatic carbocycles. The summed E-state index contributed by atoms with van der Waals surface area (Å²) in [5, 5.41) is 4.91. The Kier molecular flexibility index (Phi) is 3.50. The molecule has 21 heavy (non-hydrogen) atoms. The number of nitrogens with zero attached hydrogens (tertiary/aromatic N) is 1. The predicted molar refractivity (Wildman–Crippen MR) is 88.3 cm³/mol. The van der Waals surface area contributed by atoms with Crippen molar-refractivity contribution in [1.29, 1.82) is 0 Å². The van der Waals surface area contributed by atoms with Gasteiger partial charge < -0.3 is 9.88 Å². The maximum atomic E-state index is 3.48. The van der Waals surface area contributed by atoms with Crippen molar-refractivity contribution in [2.75, 3.05) is 6.54 Å². The van der Waals surface area contributed by atoms with Gasteiger partial charge in [-0.1, -0.05) is 31.5 Å². The van der Waals surface area contributed by atoms with E-state index in [1.54, 1.807) is 0 Å². The minimum absolute atomic E-state index is 0.923. The lowest BCUT2D eigenvalue weighted by molar-refractivity contribution is 0.299. The summed E-state index contributed by atoms with van der Waals surface area (Å²) in [6, 6.07) is 8.91. The largest absolute Gasteiger partial charge is 0.347 e. The second kappa shape index (κ2) is 5.49. The van der Waals surface area contributed by atoms with Crippen molar-refractivity contribution in [1.82, 2.24) is 9.88 Å². The van der Waals surface area contributed by atoms with E-state index < -0.39 is 0 Å². The Morgan fingerprint density at radius 3 is 2.86 bits per heavy atom. The zero-order valence-electron chi connectivity index (χ0n) is 13.0. The number of hydrogen-bond donors (Lipinski definition) is 1. The second-order valence-electron chi connectivity index (χ2n) is 7.04. The van der Waals surface area contributed by atoms with Crippen LogP contribution in [-0.2, 0) is 13.1 Å². The Bertz CT molecular complexity index is 628. The molecule has 0 amide bonds. The van der Waals surface area contributed by atoms with E-state index in [1.807, 2.05) is 0 Å². The molecule has 0 radical (unpaired) electrons. The Labute approximate surface area is 127 Å². The maximum absolute atomic E-state index is 3.48. The van der Waals surface area contributed by atoms with E-state index in [1.165, 1.54) is 48.7 Å². The molecule has 3 atom stereocenters. The average Bonchev–Trinajstić information content (AvgIpc) is 3.20. The molecule has 4 rings (SSSR count). The maximum Gasteiger partial charge on any atom is 0.0483 e. The molecule has 1 heterocycles. The van der Waals surface area contributed by atoms with Gasteiger partial charge in [-0.05, 0) is 55.2 Å². The van der Waals surface area contributed by atoms with Gasteiger partial charge >= 0.3 is 0 Å². The first-order valence-electron chi connectivity index (χ1n) is 8.62. The van der Waals surface area contributed by atoms with Crippen LogP contribution in [0.25, 0.3) is 10.9 Å². The molecule has 112 valence electrons. The molecule has 0 aliphatic heterocycles. The lowest BCUT2D eigenvalue weighted by Crippen LogP contribution is -2.17. The highest BCUT2D eigenvalue weighted by atomic mass is 15.0. The first-order valence-corrected chi connectivity index (χ1v) is 8.62. The summed E-state index contributed by atoms with van der Waals surface area (Å²) in [6.07, 6.45) is 8.37. The molecule has 0 spiro atoms. The Hall–Kier alpha value is -1.28. The number of para-hydroxylation sites is 1. The van der Waals surface area contributed by atoms with Crippen LogP contribution >= 0.6 is 0 Å². The summed E-state index contributed by atoms with van der Waals surface area (Å²) in [4.78, 5) is 0. The van der Waals surface area contributed by atoms with E-state index in [-0.39, 0.29) is 0 Å². The van der Waals surface area contributed by atoms with Crippen LogP contribution < -0.4 is 5.32 Å². The molecule has 2 heteroatoms. The highest BCUT2D eigenvalue weighted by Crippen LogP contribution is 2.49. The van der Waals surface area contributed by atoms with Crippen molar-refractivity contribution >= 4 is 10.9 Å². The fourth-order valence-corrected chi connectivity index (χ4v) is 4.73. The van der Waals surface area contributed by atoms with Crippen LogP contribution in [0.4, 0.5) is 0 Å². The van der Waals surface area contributed by atoms with Crippen LogP contribution in [0.3, 0.4) is 0 Å². The Morgan fingerprint density at radius 2 is 2.10 bits per heavy atom. The van der Waals surface area contributed by atoms with Gasteiger partial charge in [0.2, 0.25) is 0 Å². The van der Waals surface area contributed by atoms with Gasteiger partial charge in [0.05, 0.1) is 0 Å². The quantitative estimate of drug-likeness (QED) is 0.870. The third-order valence-electron chi connectivity index (χ3n) is 5.75. The first kappa shape index (κ1) is 13.4. The lowest BCUT2D eigenvalue weighted by Gasteiger charge is -2.22. The van der Waals surface area contributed by atoms with Crippen LogP contribution in [-0.4, -0.2) is 11.1 Å². The summed E-state index contributed by atoms with van der Waals surface area (Å²) in [7, 11) is 0. The number of hydrogen-bond acceptors (Lipinski definition) is 1. The highest BCUT2D eigenvalue weighted by molar-refractivity contribution is 5.83. The molecule has 1 N–H and O–H groups in total. The summed E-state index contributed by atoms with van der Waals surface area (Å²) >= 11 is 0. The topological polar surface area (TPSA) is 17.0 Å². The van der Waals surface area contributed by atoms with Gasteiger partial charge in [0.25, 0.3) is 0 Å². The molecule has 1 aromatic heterocycles. The van der Waals surface area contributed by atoms with Crippen molar-refractivity contribution in [3.05, 3.63) is 36.0 Å². The van der Waals surface area contributed by atoms with Crippen molar-refractivity contribution in [3.8, 4) is 0 Å². The van der Waals surface area contributed by atoms with E-state index in [0.29, 0.717) is 0 Å². The molecular formula is C19H26N2. The van der Waals surface area contributed by atoms with E-state index in [9.17, 15) is 0 Å². The van der Waals surface area contributed by atoms with Crippen molar-refractivity contribution < 1.29 is 0 Å². The van der Waals surface area contributed by atoms with Gasteiger partial charge in [0.15, 0.2) is 0 Å². The van der Waals surface area contributed by atoms with Gasteiger partial charge in [-0.3, -0.25) is 0 Å². The summed E-state index contributed by atoms with van der Waals surface area (Å²) in [5.74, 6) is 2.97. The molecule has 3 unspecified atom stereocenters. The Balaban J connectivity index is 1.62. The number of nitrogens with one attached hydrogen (secondary N) is 1. The minimum atomic E-state index is 0.923. The Morgan fingerprint density at radius 1 is 1.19 bits per heavy atom. The highest BCUT2D eigenvalue weighted by Gasteiger charge is 2.39. The van der Waals surface area contributed by atoms with Crippen molar-refractivity contribution in [3.63, 3.8) is 0 Å². The second-order valence-corrected chi connectivity index (χ2v) is 7.04. The smallest absolute Gasteiger partial charge is 0.0483 e. The van der Waals surface area contributed by atoms with E-state index in [0.717, 1.165) is 30.8 Å². The number of fused-ring (bicyclic) bond motifs is 3. The normalized spacial score (nSPS) is 27.8. The number of benzene rings is 1. The molecule has 1 aromatic carbocycles. The predicted octanol–water partition coefficient (Wildman–Crippen LogP) is 4.19. The lowest BCUT2D eigenvalue weighted by atomic mass is 9.89. The zero-order valence-corrected chi connectivity index (χ0v) is 13.0. The molecule has 2 aliphatic rings. The standard InChI is InChI=1S/C19H26N2/c1-2-20-11-17-13-21(19-6-4-3-5-18(17)19)12-16-10-14-7-8-15(16)9-14/h3-6,13-16,20H,2,7-12H2,1H3. The van der Waals surface area contributed by atoms with Gasteiger partial charge in [-0.2, -0.15) is 0 Å². The van der Waals surface area contributed by atoms with Crippen LogP contribution in [0.5, 0.6) is 0 Å². The number of rotatable bonds is 5. The molecule has 2 saturated carbocycles. The van der Waals surface area contributed by atoms with Gasteiger partial charge in [0.1, 0.15) is 0 Å². The van der Waals surface area contributed by atoms with Crippen LogP contribution in [0.15, 0.2) is 30.5 Å². The summed E-state index contributed by atoms with van der Waals surface area (Å²) in [6.45, 7) is 5.43. The molecule has 0 saturated heterocycles. The van der Waals surface area contributed by atoms with Crippen molar-refractivity contribution in [2.24, 2.45) is 17.8 Å². The minimum Gasteiger partial charge on any atom is -0.347 e. The van der Waals surface area contributed by atoms with Crippen LogP contribution in [0.1, 0.15) is 38.2 Å². The average molecular weight is 282 g/mol. The van der Waals surface area contributed by atoms with E-state index in [2.05, 4.69) is 47.3 Å². The van der Waals surface area contributed by atoms with E-state index >= 15 is 0 Å². The van der Waals surface area contributed by atoms with Crippen LogP contribution in [0, 0.1) is 17.8 Å². The fourth-order valence-electron chi connectivity index (χ4n) is 4.73. The van der Waals surface area contributed by atoms with Gasteiger partial charge in [-0.25, -0.2) is 0 Å². The van der Waals surface area contributed by atoms with Gasteiger partial charge in [-0.15, -0.1) is 0 Å². The van der Waals surface area contributed by atoms with Gasteiger partial charge in [0, 0.05) is 30.2 Å². The third-order valence-corrected chi connectivity index (χ3v) is 5.75. The summed E-state index contributed by atoms with van der Waals surface area (Å²) in [5.41, 5.74) is 2.88. The molecule has 2 fully saturated rings.